The van der Waals surface area contributed by atoms with Crippen LogP contribution in [0.15, 0.2) is 0 Å². The van der Waals surface area contributed by atoms with Crippen molar-refractivity contribution in [3.8, 4) is 0 Å². The second kappa shape index (κ2) is 6.71. The van der Waals surface area contributed by atoms with Crippen molar-refractivity contribution in [2.24, 2.45) is 5.92 Å². The second-order valence-electron chi connectivity index (χ2n) is 3.23. The summed E-state index contributed by atoms with van der Waals surface area (Å²) in [5.74, 6) is -4.42. The molecule has 90 valence electrons. The van der Waals surface area contributed by atoms with E-state index in [9.17, 15) is 19.2 Å². The van der Waals surface area contributed by atoms with Crippen LogP contribution in [-0.2, 0) is 23.9 Å². The van der Waals surface area contributed by atoms with E-state index < -0.39 is 42.3 Å². The zero-order valence-corrected chi connectivity index (χ0v) is 9.19. The van der Waals surface area contributed by atoms with Crippen molar-refractivity contribution in [1.29, 1.82) is 0 Å². The van der Waals surface area contributed by atoms with E-state index in [1.54, 1.807) is 6.92 Å². The zero-order valence-electron chi connectivity index (χ0n) is 9.19. The van der Waals surface area contributed by atoms with Gasteiger partial charge in [0.1, 0.15) is 23.9 Å². The van der Waals surface area contributed by atoms with Gasteiger partial charge in [-0.2, -0.15) is 0 Å². The van der Waals surface area contributed by atoms with Crippen molar-refractivity contribution >= 4 is 23.5 Å². The Morgan fingerprint density at radius 2 is 1.81 bits per heavy atom. The van der Waals surface area contributed by atoms with Crippen LogP contribution in [0.1, 0.15) is 26.7 Å². The van der Waals surface area contributed by atoms with Gasteiger partial charge >= 0.3 is 11.9 Å². The minimum atomic E-state index is -1.28. The number of ketones is 2. The van der Waals surface area contributed by atoms with Gasteiger partial charge in [0.15, 0.2) is 0 Å². The highest BCUT2D eigenvalue weighted by molar-refractivity contribution is 6.04. The van der Waals surface area contributed by atoms with Crippen molar-refractivity contribution in [2.75, 3.05) is 6.61 Å². The normalized spacial score (nSPS) is 11.6. The summed E-state index contributed by atoms with van der Waals surface area (Å²) < 4.78 is 4.61. The molecule has 1 unspecified atom stereocenters. The molecule has 0 aliphatic rings. The van der Waals surface area contributed by atoms with Crippen LogP contribution < -0.4 is 0 Å². The van der Waals surface area contributed by atoms with Gasteiger partial charge in [-0.3, -0.25) is 19.2 Å². The molecular weight excluding hydrogens is 216 g/mol. The fourth-order valence-corrected chi connectivity index (χ4v) is 1.10. The summed E-state index contributed by atoms with van der Waals surface area (Å²) in [6.45, 7) is 2.85. The van der Waals surface area contributed by atoms with Crippen LogP contribution in [0.2, 0.25) is 0 Å². The Morgan fingerprint density at radius 3 is 2.19 bits per heavy atom. The molecule has 0 aromatic rings. The van der Waals surface area contributed by atoms with Crippen molar-refractivity contribution in [3.05, 3.63) is 0 Å². The lowest BCUT2D eigenvalue weighted by molar-refractivity contribution is -0.153. The Balaban J connectivity index is 4.45. The minimum Gasteiger partial charge on any atom is -0.481 e. The van der Waals surface area contributed by atoms with E-state index in [4.69, 9.17) is 5.11 Å². The van der Waals surface area contributed by atoms with Crippen LogP contribution in [0, 0.1) is 5.92 Å². The van der Waals surface area contributed by atoms with Crippen molar-refractivity contribution in [3.63, 3.8) is 0 Å². The number of carboxylic acids is 1. The van der Waals surface area contributed by atoms with Crippen LogP contribution >= 0.6 is 0 Å². The van der Waals surface area contributed by atoms with E-state index in [0.717, 1.165) is 6.92 Å². The van der Waals surface area contributed by atoms with E-state index >= 15 is 0 Å². The van der Waals surface area contributed by atoms with Crippen LogP contribution in [0.25, 0.3) is 0 Å². The summed E-state index contributed by atoms with van der Waals surface area (Å²) in [6.07, 6.45) is -1.11. The molecule has 1 atom stereocenters. The maximum Gasteiger partial charge on any atom is 0.316 e. The van der Waals surface area contributed by atoms with Crippen molar-refractivity contribution in [2.45, 2.75) is 26.7 Å². The first kappa shape index (κ1) is 14.3. The summed E-state index contributed by atoms with van der Waals surface area (Å²) in [7, 11) is 0. The molecule has 0 aromatic heterocycles. The highest BCUT2D eigenvalue weighted by atomic mass is 16.5. The summed E-state index contributed by atoms with van der Waals surface area (Å²) in [5, 5.41) is 8.36. The van der Waals surface area contributed by atoms with Crippen LogP contribution in [0.5, 0.6) is 0 Å². The zero-order chi connectivity index (χ0) is 12.7. The molecule has 0 fully saturated rings. The summed E-state index contributed by atoms with van der Waals surface area (Å²) in [4.78, 5) is 43.7. The first-order valence-corrected chi connectivity index (χ1v) is 4.79. The molecule has 0 radical (unpaired) electrons. The number of carbonyl (C=O) groups excluding carboxylic acids is 3. The number of Topliss-reactive ketones (excluding diaryl/α,β-unsaturated/α-hetero) is 2. The molecule has 0 heterocycles. The Bertz CT molecular complexity index is 306. The highest BCUT2D eigenvalue weighted by Gasteiger charge is 2.27. The molecular formula is C10H14O6. The first-order valence-electron chi connectivity index (χ1n) is 4.79. The first-order chi connectivity index (χ1) is 7.38. The Hall–Kier alpha value is -1.72. The number of hydrogen-bond donors (Lipinski definition) is 1. The predicted molar refractivity (Wildman–Crippen MR) is 52.7 cm³/mol. The molecule has 0 aliphatic heterocycles. The fraction of sp³-hybridized carbons (Fsp3) is 0.600. The maximum atomic E-state index is 11.3. The number of ether oxygens (including phenoxy) is 1. The second-order valence-corrected chi connectivity index (χ2v) is 3.23. The van der Waals surface area contributed by atoms with E-state index in [-0.39, 0.29) is 6.61 Å². The fourth-order valence-electron chi connectivity index (χ4n) is 1.10. The minimum absolute atomic E-state index is 0.107. The van der Waals surface area contributed by atoms with E-state index in [2.05, 4.69) is 4.74 Å². The van der Waals surface area contributed by atoms with E-state index in [1.165, 1.54) is 0 Å². The number of aliphatic carboxylic acids is 1. The molecule has 6 heteroatoms. The van der Waals surface area contributed by atoms with Gasteiger partial charge in [-0.15, -0.1) is 0 Å². The van der Waals surface area contributed by atoms with Crippen LogP contribution in [0.4, 0.5) is 0 Å². The van der Waals surface area contributed by atoms with Gasteiger partial charge in [0.05, 0.1) is 6.61 Å². The highest BCUT2D eigenvalue weighted by Crippen LogP contribution is 2.09. The molecule has 16 heavy (non-hydrogen) atoms. The number of hydrogen-bond acceptors (Lipinski definition) is 5. The SMILES string of the molecule is CCOC(=O)C(CC(=O)CC(=O)O)C(C)=O. The summed E-state index contributed by atoms with van der Waals surface area (Å²) in [6, 6.07) is 0. The Morgan fingerprint density at radius 1 is 1.25 bits per heavy atom. The van der Waals surface area contributed by atoms with Crippen LogP contribution in [0.3, 0.4) is 0 Å². The quantitative estimate of drug-likeness (QED) is 0.495. The smallest absolute Gasteiger partial charge is 0.316 e. The number of carboxylic acid groups (broad SMARTS) is 1. The maximum absolute atomic E-state index is 11.3. The lowest BCUT2D eigenvalue weighted by atomic mass is 9.97. The Labute approximate surface area is 92.6 Å². The number of carbonyl (C=O) groups is 4. The molecule has 0 rings (SSSR count). The molecule has 1 N–H and O–H groups in total. The molecule has 0 spiro atoms. The molecule has 0 bridgehead atoms. The van der Waals surface area contributed by atoms with Gasteiger partial charge in [-0.25, -0.2) is 0 Å². The van der Waals surface area contributed by atoms with Gasteiger partial charge in [0, 0.05) is 6.42 Å². The molecule has 6 nitrogen and oxygen atoms in total. The lowest BCUT2D eigenvalue weighted by Gasteiger charge is -2.10. The third-order valence-electron chi connectivity index (χ3n) is 1.84. The Kier molecular flexibility index (Phi) is 5.99. The standard InChI is InChI=1S/C10H14O6/c1-3-16-10(15)8(6(2)11)4-7(12)5-9(13)14/h8H,3-5H2,1-2H3,(H,13,14). The van der Waals surface area contributed by atoms with Gasteiger partial charge in [-0.05, 0) is 13.8 Å². The summed E-state index contributed by atoms with van der Waals surface area (Å²) in [5.41, 5.74) is 0. The molecule has 0 aromatic carbocycles. The third-order valence-corrected chi connectivity index (χ3v) is 1.84. The summed E-state index contributed by atoms with van der Waals surface area (Å²) >= 11 is 0. The predicted octanol–water partition coefficient (Wildman–Crippen LogP) is 0.189. The van der Waals surface area contributed by atoms with Crippen molar-refractivity contribution < 1.29 is 29.0 Å². The van der Waals surface area contributed by atoms with E-state index in [0.29, 0.717) is 0 Å². The number of rotatable bonds is 7. The van der Waals surface area contributed by atoms with Gasteiger partial charge < -0.3 is 9.84 Å². The molecule has 0 saturated heterocycles. The molecule has 0 amide bonds. The van der Waals surface area contributed by atoms with E-state index in [1.807, 2.05) is 0 Å². The average molecular weight is 230 g/mol. The topological polar surface area (TPSA) is 97.7 Å². The van der Waals surface area contributed by atoms with Gasteiger partial charge in [0.25, 0.3) is 0 Å². The monoisotopic (exact) mass is 230 g/mol. The van der Waals surface area contributed by atoms with Crippen molar-refractivity contribution in [1.82, 2.24) is 0 Å². The molecule has 0 aliphatic carbocycles. The third kappa shape index (κ3) is 5.23. The van der Waals surface area contributed by atoms with Gasteiger partial charge in [-0.1, -0.05) is 0 Å². The lowest BCUT2D eigenvalue weighted by Crippen LogP contribution is -2.27. The average Bonchev–Trinajstić information content (AvgIpc) is 2.12. The largest absolute Gasteiger partial charge is 0.481 e. The van der Waals surface area contributed by atoms with Crippen LogP contribution in [-0.4, -0.2) is 35.2 Å². The number of esters is 1. The van der Waals surface area contributed by atoms with Gasteiger partial charge in [0.2, 0.25) is 0 Å². The molecule has 0 saturated carbocycles.